The summed E-state index contributed by atoms with van der Waals surface area (Å²) in [6.45, 7) is 4.79. The highest BCUT2D eigenvalue weighted by atomic mass is 16.2. The van der Waals surface area contributed by atoms with Gasteiger partial charge in [-0.05, 0) is 25.3 Å². The second-order valence-corrected chi connectivity index (χ2v) is 4.71. The van der Waals surface area contributed by atoms with Crippen LogP contribution in [-0.4, -0.2) is 27.5 Å². The summed E-state index contributed by atoms with van der Waals surface area (Å²) in [5.74, 6) is 0.322. The maximum Gasteiger partial charge on any atom is 0.225 e. The number of amides is 1. The van der Waals surface area contributed by atoms with Gasteiger partial charge in [-0.3, -0.25) is 9.89 Å². The van der Waals surface area contributed by atoms with E-state index in [2.05, 4.69) is 10.2 Å². The zero-order valence-electron chi connectivity index (χ0n) is 9.94. The molecule has 0 spiro atoms. The Balaban J connectivity index is 2.17. The molecule has 1 unspecified atom stereocenters. The largest absolute Gasteiger partial charge is 0.334 e. The molecule has 0 saturated carbocycles. The second-order valence-electron chi connectivity index (χ2n) is 4.71. The predicted molar refractivity (Wildman–Crippen MR) is 61.7 cm³/mol. The van der Waals surface area contributed by atoms with Crippen LogP contribution in [0, 0.1) is 5.92 Å². The Bertz CT molecular complexity index is 345. The number of rotatable bonds is 2. The van der Waals surface area contributed by atoms with Gasteiger partial charge in [-0.25, -0.2) is 0 Å². The van der Waals surface area contributed by atoms with Gasteiger partial charge < -0.3 is 4.90 Å². The molecule has 1 fully saturated rings. The molecule has 88 valence electrons. The highest BCUT2D eigenvalue weighted by Crippen LogP contribution is 2.30. The third-order valence-electron chi connectivity index (χ3n) is 3.16. The first-order valence-electron chi connectivity index (χ1n) is 6.00. The molecule has 0 radical (unpaired) electrons. The molecule has 2 heterocycles. The Kier molecular flexibility index (Phi) is 3.27. The number of nitrogens with one attached hydrogen (secondary N) is 1. The normalized spacial score (nSPS) is 21.4. The summed E-state index contributed by atoms with van der Waals surface area (Å²) in [5, 5.41) is 6.96. The molecule has 0 aromatic carbocycles. The Morgan fingerprint density at radius 1 is 1.56 bits per heavy atom. The fourth-order valence-corrected chi connectivity index (χ4v) is 2.30. The van der Waals surface area contributed by atoms with Crippen LogP contribution in [0.2, 0.25) is 0 Å². The van der Waals surface area contributed by atoms with E-state index in [1.807, 2.05) is 24.8 Å². The summed E-state index contributed by atoms with van der Waals surface area (Å²) in [4.78, 5) is 14.1. The van der Waals surface area contributed by atoms with Crippen molar-refractivity contribution in [3.05, 3.63) is 18.0 Å². The molecule has 1 atom stereocenters. The number of likely N-dealkylation sites (tertiary alicyclic amines) is 1. The smallest absolute Gasteiger partial charge is 0.225 e. The van der Waals surface area contributed by atoms with Crippen molar-refractivity contribution in [1.29, 1.82) is 0 Å². The number of nitrogens with zero attached hydrogens (tertiary/aromatic N) is 2. The fraction of sp³-hybridized carbons (Fsp3) is 0.667. The van der Waals surface area contributed by atoms with Crippen molar-refractivity contribution in [2.24, 2.45) is 5.92 Å². The maximum absolute atomic E-state index is 12.1. The number of aromatic nitrogens is 2. The summed E-state index contributed by atoms with van der Waals surface area (Å²) in [7, 11) is 0. The van der Waals surface area contributed by atoms with Crippen LogP contribution in [0.25, 0.3) is 0 Å². The van der Waals surface area contributed by atoms with E-state index in [1.165, 1.54) is 6.42 Å². The van der Waals surface area contributed by atoms with Gasteiger partial charge in [0.05, 0.1) is 11.7 Å². The van der Waals surface area contributed by atoms with Gasteiger partial charge in [0.25, 0.3) is 0 Å². The van der Waals surface area contributed by atoms with E-state index in [0.717, 1.165) is 25.1 Å². The highest BCUT2D eigenvalue weighted by Gasteiger charge is 2.29. The van der Waals surface area contributed by atoms with Gasteiger partial charge in [-0.15, -0.1) is 0 Å². The molecule has 1 N–H and O–H groups in total. The fourth-order valence-electron chi connectivity index (χ4n) is 2.30. The number of hydrogen-bond acceptors (Lipinski definition) is 2. The van der Waals surface area contributed by atoms with Crippen LogP contribution in [0.5, 0.6) is 0 Å². The molecule has 1 aromatic heterocycles. The van der Waals surface area contributed by atoms with Crippen molar-refractivity contribution in [3.8, 4) is 0 Å². The van der Waals surface area contributed by atoms with Crippen molar-refractivity contribution in [3.63, 3.8) is 0 Å². The minimum absolute atomic E-state index is 0.0727. The van der Waals surface area contributed by atoms with Crippen molar-refractivity contribution >= 4 is 5.91 Å². The number of carbonyl (C=O) groups excluding carboxylic acids is 1. The Hall–Kier alpha value is -1.32. The molecule has 0 bridgehead atoms. The van der Waals surface area contributed by atoms with Gasteiger partial charge in [0, 0.05) is 18.7 Å². The molecule has 2 rings (SSSR count). The lowest BCUT2D eigenvalue weighted by atomic mass is 9.98. The minimum atomic E-state index is 0.0727. The van der Waals surface area contributed by atoms with Crippen LogP contribution in [-0.2, 0) is 4.79 Å². The second kappa shape index (κ2) is 4.68. The van der Waals surface area contributed by atoms with E-state index in [1.54, 1.807) is 6.20 Å². The van der Waals surface area contributed by atoms with Crippen LogP contribution in [0.3, 0.4) is 0 Å². The molecule has 16 heavy (non-hydrogen) atoms. The maximum atomic E-state index is 12.1. The van der Waals surface area contributed by atoms with E-state index in [4.69, 9.17) is 0 Å². The zero-order chi connectivity index (χ0) is 11.5. The molecule has 1 saturated heterocycles. The number of aromatic amines is 1. The van der Waals surface area contributed by atoms with E-state index < -0.39 is 0 Å². The SMILES string of the molecule is CC(C)C(=O)N1CCCCC1c1ccn[nH]1. The third kappa shape index (κ3) is 2.10. The van der Waals surface area contributed by atoms with Gasteiger partial charge in [0.2, 0.25) is 5.91 Å². The quantitative estimate of drug-likeness (QED) is 0.831. The summed E-state index contributed by atoms with van der Waals surface area (Å²) in [5.41, 5.74) is 1.06. The summed E-state index contributed by atoms with van der Waals surface area (Å²) >= 11 is 0. The molecule has 1 aliphatic rings. The Morgan fingerprint density at radius 3 is 3.00 bits per heavy atom. The van der Waals surface area contributed by atoms with Crippen molar-refractivity contribution in [2.75, 3.05) is 6.54 Å². The van der Waals surface area contributed by atoms with Gasteiger partial charge in [0.1, 0.15) is 0 Å². The molecule has 4 nitrogen and oxygen atoms in total. The van der Waals surface area contributed by atoms with Crippen LogP contribution >= 0.6 is 0 Å². The monoisotopic (exact) mass is 221 g/mol. The number of H-pyrrole nitrogens is 1. The van der Waals surface area contributed by atoms with Gasteiger partial charge in [-0.1, -0.05) is 13.8 Å². The van der Waals surface area contributed by atoms with Crippen LogP contribution in [0.1, 0.15) is 44.8 Å². The van der Waals surface area contributed by atoms with Crippen LogP contribution in [0.15, 0.2) is 12.3 Å². The van der Waals surface area contributed by atoms with E-state index in [-0.39, 0.29) is 17.9 Å². The summed E-state index contributed by atoms with van der Waals surface area (Å²) in [6, 6.07) is 2.17. The molecule has 1 aromatic rings. The van der Waals surface area contributed by atoms with Crippen molar-refractivity contribution in [2.45, 2.75) is 39.2 Å². The van der Waals surface area contributed by atoms with Gasteiger partial charge in [-0.2, -0.15) is 5.10 Å². The Labute approximate surface area is 96.0 Å². The predicted octanol–water partition coefficient (Wildman–Crippen LogP) is 2.12. The van der Waals surface area contributed by atoms with E-state index in [9.17, 15) is 4.79 Å². The number of carbonyl (C=O) groups is 1. The standard InChI is InChI=1S/C12H19N3O/c1-9(2)12(16)15-8-4-3-5-11(15)10-6-7-13-14-10/h6-7,9,11H,3-5,8H2,1-2H3,(H,13,14). The molecule has 0 aliphatic carbocycles. The first kappa shape index (κ1) is 11.2. The number of piperidine rings is 1. The Morgan fingerprint density at radius 2 is 2.38 bits per heavy atom. The lowest BCUT2D eigenvalue weighted by Crippen LogP contribution is -2.40. The molecule has 1 amide bonds. The van der Waals surface area contributed by atoms with E-state index >= 15 is 0 Å². The first-order valence-corrected chi connectivity index (χ1v) is 6.00. The summed E-state index contributed by atoms with van der Waals surface area (Å²) in [6.07, 6.45) is 5.09. The van der Waals surface area contributed by atoms with E-state index in [0.29, 0.717) is 0 Å². The number of hydrogen-bond donors (Lipinski definition) is 1. The highest BCUT2D eigenvalue weighted by molar-refractivity contribution is 5.78. The van der Waals surface area contributed by atoms with Crippen LogP contribution < -0.4 is 0 Å². The van der Waals surface area contributed by atoms with Crippen molar-refractivity contribution < 1.29 is 4.79 Å². The summed E-state index contributed by atoms with van der Waals surface area (Å²) < 4.78 is 0. The molecular weight excluding hydrogens is 202 g/mol. The minimum Gasteiger partial charge on any atom is -0.334 e. The lowest BCUT2D eigenvalue weighted by Gasteiger charge is -2.36. The molecule has 1 aliphatic heterocycles. The van der Waals surface area contributed by atoms with Crippen LogP contribution in [0.4, 0.5) is 0 Å². The molecule has 4 heteroatoms. The van der Waals surface area contributed by atoms with Crippen molar-refractivity contribution in [1.82, 2.24) is 15.1 Å². The average molecular weight is 221 g/mol. The third-order valence-corrected chi connectivity index (χ3v) is 3.16. The lowest BCUT2D eigenvalue weighted by molar-refractivity contribution is -0.138. The van der Waals surface area contributed by atoms with Gasteiger partial charge >= 0.3 is 0 Å². The first-order chi connectivity index (χ1) is 7.70. The average Bonchev–Trinajstić information content (AvgIpc) is 2.81. The zero-order valence-corrected chi connectivity index (χ0v) is 9.94. The topological polar surface area (TPSA) is 49.0 Å². The molecular formula is C12H19N3O. The van der Waals surface area contributed by atoms with Gasteiger partial charge in [0.15, 0.2) is 0 Å².